The van der Waals surface area contributed by atoms with Gasteiger partial charge >= 0.3 is 0 Å². The molecule has 192 valence electrons. The van der Waals surface area contributed by atoms with Gasteiger partial charge in [0.2, 0.25) is 0 Å². The van der Waals surface area contributed by atoms with E-state index in [1.807, 2.05) is 0 Å². The first-order chi connectivity index (χ1) is 20.4. The van der Waals surface area contributed by atoms with Crippen molar-refractivity contribution in [1.29, 1.82) is 0 Å². The van der Waals surface area contributed by atoms with Gasteiger partial charge in [0.25, 0.3) is 0 Å². The standard InChI is InChI=1S/C38H25N3/c1-2-11-27(12-3-1)39-24-23-26-21-22-36-37(38(26)39)32-17-6-9-20-35(32)41(36)29-14-10-13-28(25-29)40-33-18-7-4-15-30(33)31-16-5-8-19-34(31)40/h1-25H. The van der Waals surface area contributed by atoms with E-state index in [-0.39, 0.29) is 0 Å². The van der Waals surface area contributed by atoms with Crippen LogP contribution in [0.2, 0.25) is 0 Å². The summed E-state index contributed by atoms with van der Waals surface area (Å²) < 4.78 is 7.13. The van der Waals surface area contributed by atoms with Gasteiger partial charge in [-0.25, -0.2) is 0 Å². The maximum absolute atomic E-state index is 2.42. The van der Waals surface area contributed by atoms with Crippen LogP contribution in [0.3, 0.4) is 0 Å². The maximum atomic E-state index is 2.42. The first-order valence-corrected chi connectivity index (χ1v) is 14.0. The van der Waals surface area contributed by atoms with Crippen LogP contribution in [0.5, 0.6) is 0 Å². The second-order valence-electron chi connectivity index (χ2n) is 10.7. The zero-order valence-corrected chi connectivity index (χ0v) is 22.3. The van der Waals surface area contributed by atoms with Gasteiger partial charge in [0.15, 0.2) is 0 Å². The number of fused-ring (bicyclic) bond motifs is 8. The van der Waals surface area contributed by atoms with Gasteiger partial charge in [-0.2, -0.15) is 0 Å². The molecule has 9 aromatic rings. The highest BCUT2D eigenvalue weighted by Gasteiger charge is 2.18. The van der Waals surface area contributed by atoms with E-state index < -0.39 is 0 Å². The molecule has 0 aliphatic rings. The van der Waals surface area contributed by atoms with Gasteiger partial charge in [-0.05, 0) is 60.7 Å². The molecule has 0 saturated heterocycles. The van der Waals surface area contributed by atoms with E-state index in [0.717, 1.165) is 11.4 Å². The largest absolute Gasteiger partial charge is 0.316 e. The molecule has 0 aliphatic heterocycles. The molecule has 3 heteroatoms. The summed E-state index contributed by atoms with van der Waals surface area (Å²) in [4.78, 5) is 0. The Hall–Kier alpha value is -5.54. The average molecular weight is 524 g/mol. The lowest BCUT2D eigenvalue weighted by molar-refractivity contribution is 1.13. The van der Waals surface area contributed by atoms with Crippen molar-refractivity contribution in [2.75, 3.05) is 0 Å². The Morgan fingerprint density at radius 1 is 0.366 bits per heavy atom. The van der Waals surface area contributed by atoms with Crippen LogP contribution in [-0.2, 0) is 0 Å². The van der Waals surface area contributed by atoms with E-state index in [1.165, 1.54) is 60.2 Å². The monoisotopic (exact) mass is 523 g/mol. The minimum atomic E-state index is 1.15. The molecule has 0 fully saturated rings. The molecule has 6 aromatic carbocycles. The lowest BCUT2D eigenvalue weighted by Gasteiger charge is -2.13. The van der Waals surface area contributed by atoms with E-state index in [9.17, 15) is 0 Å². The van der Waals surface area contributed by atoms with Crippen molar-refractivity contribution in [2.24, 2.45) is 0 Å². The zero-order valence-electron chi connectivity index (χ0n) is 22.3. The Labute approximate surface area is 236 Å². The lowest BCUT2D eigenvalue weighted by atomic mass is 10.1. The van der Waals surface area contributed by atoms with Gasteiger partial charge in [0, 0.05) is 50.2 Å². The molecule has 0 N–H and O–H groups in total. The van der Waals surface area contributed by atoms with Crippen LogP contribution >= 0.6 is 0 Å². The van der Waals surface area contributed by atoms with Crippen LogP contribution in [0.25, 0.3) is 71.6 Å². The second-order valence-corrected chi connectivity index (χ2v) is 10.7. The molecular formula is C38H25N3. The molecule has 0 saturated carbocycles. The fourth-order valence-corrected chi connectivity index (χ4v) is 6.74. The topological polar surface area (TPSA) is 14.8 Å². The molecule has 3 aromatic heterocycles. The fourth-order valence-electron chi connectivity index (χ4n) is 6.74. The molecule has 9 rings (SSSR count). The first kappa shape index (κ1) is 22.3. The smallest absolute Gasteiger partial charge is 0.0628 e. The summed E-state index contributed by atoms with van der Waals surface area (Å²) in [7, 11) is 0. The SMILES string of the molecule is c1ccc(-n2ccc3ccc4c(c5ccccc5n4-c4cccc(-n5c6ccccc6c6ccccc65)c4)c32)cc1. The molecule has 0 atom stereocenters. The van der Waals surface area contributed by atoms with Crippen molar-refractivity contribution in [3.63, 3.8) is 0 Å². The summed E-state index contributed by atoms with van der Waals surface area (Å²) >= 11 is 0. The summed E-state index contributed by atoms with van der Waals surface area (Å²) in [5.74, 6) is 0. The van der Waals surface area contributed by atoms with Crippen molar-refractivity contribution in [3.05, 3.63) is 152 Å². The van der Waals surface area contributed by atoms with Gasteiger partial charge in [-0.15, -0.1) is 0 Å². The summed E-state index contributed by atoms with van der Waals surface area (Å²) in [6.07, 6.45) is 2.19. The van der Waals surface area contributed by atoms with Gasteiger partial charge in [-0.3, -0.25) is 0 Å². The van der Waals surface area contributed by atoms with E-state index >= 15 is 0 Å². The molecule has 0 radical (unpaired) electrons. The second kappa shape index (κ2) is 8.48. The molecule has 0 aliphatic carbocycles. The number of para-hydroxylation sites is 4. The highest BCUT2D eigenvalue weighted by atomic mass is 15.0. The van der Waals surface area contributed by atoms with Gasteiger partial charge in [0.1, 0.15) is 0 Å². The van der Waals surface area contributed by atoms with Crippen LogP contribution in [0.1, 0.15) is 0 Å². The van der Waals surface area contributed by atoms with E-state index in [4.69, 9.17) is 0 Å². The third-order valence-electron chi connectivity index (χ3n) is 8.45. The van der Waals surface area contributed by atoms with E-state index in [2.05, 4.69) is 165 Å². The van der Waals surface area contributed by atoms with Crippen molar-refractivity contribution in [2.45, 2.75) is 0 Å². The Morgan fingerprint density at radius 3 is 1.59 bits per heavy atom. The molecule has 0 unspecified atom stereocenters. The van der Waals surface area contributed by atoms with Crippen LogP contribution in [0.4, 0.5) is 0 Å². The quantitative estimate of drug-likeness (QED) is 0.219. The number of benzene rings is 6. The molecule has 3 heterocycles. The summed E-state index contributed by atoms with van der Waals surface area (Å²) in [5.41, 5.74) is 9.55. The van der Waals surface area contributed by atoms with Crippen molar-refractivity contribution < 1.29 is 0 Å². The van der Waals surface area contributed by atoms with Crippen LogP contribution < -0.4 is 0 Å². The molecule has 41 heavy (non-hydrogen) atoms. The normalized spacial score (nSPS) is 11.9. The highest BCUT2D eigenvalue weighted by molar-refractivity contribution is 6.20. The minimum Gasteiger partial charge on any atom is -0.316 e. The van der Waals surface area contributed by atoms with E-state index in [1.54, 1.807) is 0 Å². The number of aromatic nitrogens is 3. The van der Waals surface area contributed by atoms with Crippen LogP contribution in [-0.4, -0.2) is 13.7 Å². The molecule has 0 amide bonds. The Morgan fingerprint density at radius 2 is 0.902 bits per heavy atom. The van der Waals surface area contributed by atoms with Crippen molar-refractivity contribution in [3.8, 4) is 17.1 Å². The summed E-state index contributed by atoms with van der Waals surface area (Å²) in [6.45, 7) is 0. The molecular weight excluding hydrogens is 498 g/mol. The number of hydrogen-bond donors (Lipinski definition) is 0. The van der Waals surface area contributed by atoms with Crippen LogP contribution in [0, 0.1) is 0 Å². The Bertz CT molecular complexity index is 2360. The van der Waals surface area contributed by atoms with Crippen molar-refractivity contribution in [1.82, 2.24) is 13.7 Å². The number of hydrogen-bond acceptors (Lipinski definition) is 0. The average Bonchev–Trinajstić information content (AvgIpc) is 3.71. The third-order valence-corrected chi connectivity index (χ3v) is 8.45. The molecule has 0 spiro atoms. The summed E-state index contributed by atoms with van der Waals surface area (Å²) in [5, 5.41) is 6.31. The van der Waals surface area contributed by atoms with Crippen molar-refractivity contribution >= 4 is 54.5 Å². The first-order valence-electron chi connectivity index (χ1n) is 14.0. The van der Waals surface area contributed by atoms with Gasteiger partial charge < -0.3 is 13.7 Å². The highest BCUT2D eigenvalue weighted by Crippen LogP contribution is 2.39. The predicted octanol–water partition coefficient (Wildman–Crippen LogP) is 9.82. The third kappa shape index (κ3) is 3.14. The minimum absolute atomic E-state index is 1.15. The number of rotatable bonds is 3. The molecule has 0 bridgehead atoms. The fraction of sp³-hybridized carbons (Fsp3) is 0. The number of nitrogens with zero attached hydrogens (tertiary/aromatic N) is 3. The Balaban J connectivity index is 1.35. The van der Waals surface area contributed by atoms with E-state index in [0.29, 0.717) is 0 Å². The van der Waals surface area contributed by atoms with Gasteiger partial charge in [-0.1, -0.05) is 84.9 Å². The van der Waals surface area contributed by atoms with Crippen LogP contribution in [0.15, 0.2) is 152 Å². The maximum Gasteiger partial charge on any atom is 0.0628 e. The zero-order chi connectivity index (χ0) is 26.9. The lowest BCUT2D eigenvalue weighted by Crippen LogP contribution is -1.98. The van der Waals surface area contributed by atoms with Gasteiger partial charge in [0.05, 0.1) is 27.6 Å². The predicted molar refractivity (Wildman–Crippen MR) is 172 cm³/mol. The molecule has 3 nitrogen and oxygen atoms in total. The summed E-state index contributed by atoms with van der Waals surface area (Å²) in [6, 6.07) is 52.5. The Kier molecular flexibility index (Phi) is 4.61.